The molecule has 1 N–H and O–H groups in total. The van der Waals surface area contributed by atoms with Gasteiger partial charge in [-0.05, 0) is 55.0 Å². The molecular formula is C26H23ClN2O5. The predicted octanol–water partition coefficient (Wildman–Crippen LogP) is 4.76. The summed E-state index contributed by atoms with van der Waals surface area (Å²) in [5.74, 6) is -0.830. The molecule has 7 nitrogen and oxygen atoms in total. The third-order valence-corrected chi connectivity index (χ3v) is 5.81. The number of amides is 1. The van der Waals surface area contributed by atoms with Crippen LogP contribution in [0.1, 0.15) is 29.8 Å². The molecule has 1 fully saturated rings. The zero-order valence-electron chi connectivity index (χ0n) is 18.7. The van der Waals surface area contributed by atoms with E-state index in [1.165, 1.54) is 4.90 Å². The van der Waals surface area contributed by atoms with Crippen molar-refractivity contribution in [1.82, 2.24) is 9.88 Å². The molecule has 2 aromatic carbocycles. The smallest absolute Gasteiger partial charge is 0.296 e. The number of hydrogen-bond acceptors (Lipinski definition) is 6. The van der Waals surface area contributed by atoms with Crippen LogP contribution in [0.15, 0.2) is 72.4 Å². The fraction of sp³-hybridized carbons (Fsp3) is 0.192. The lowest BCUT2D eigenvalue weighted by molar-refractivity contribution is -0.140. The van der Waals surface area contributed by atoms with Crippen LogP contribution >= 0.6 is 11.6 Å². The molecule has 2 heterocycles. The van der Waals surface area contributed by atoms with E-state index in [0.717, 1.165) is 5.56 Å². The summed E-state index contributed by atoms with van der Waals surface area (Å²) in [5.41, 5.74) is 1.50. The topological polar surface area (TPSA) is 89.0 Å². The zero-order valence-corrected chi connectivity index (χ0v) is 19.5. The van der Waals surface area contributed by atoms with Gasteiger partial charge in [-0.2, -0.15) is 0 Å². The third-order valence-electron chi connectivity index (χ3n) is 5.50. The molecule has 0 saturated carbocycles. The van der Waals surface area contributed by atoms with Gasteiger partial charge in [0.2, 0.25) is 0 Å². The van der Waals surface area contributed by atoms with Gasteiger partial charge in [-0.1, -0.05) is 29.8 Å². The Hall–Kier alpha value is -3.84. The maximum Gasteiger partial charge on any atom is 0.296 e. The number of halogens is 1. The van der Waals surface area contributed by atoms with Gasteiger partial charge < -0.3 is 19.5 Å². The van der Waals surface area contributed by atoms with Crippen molar-refractivity contribution in [1.29, 1.82) is 0 Å². The first-order chi connectivity index (χ1) is 16.4. The number of likely N-dealkylation sites (tertiary alicyclic amines) is 1. The Balaban J connectivity index is 1.83. The van der Waals surface area contributed by atoms with E-state index in [-0.39, 0.29) is 17.9 Å². The molecule has 1 aromatic heterocycles. The number of aromatic nitrogens is 1. The fourth-order valence-corrected chi connectivity index (χ4v) is 4.10. The monoisotopic (exact) mass is 478 g/mol. The number of ether oxygens (including phenoxy) is 2. The first-order valence-corrected chi connectivity index (χ1v) is 11.1. The highest BCUT2D eigenvalue weighted by atomic mass is 35.5. The summed E-state index contributed by atoms with van der Waals surface area (Å²) in [4.78, 5) is 32.1. The van der Waals surface area contributed by atoms with Gasteiger partial charge >= 0.3 is 0 Å². The molecule has 4 rings (SSSR count). The highest BCUT2D eigenvalue weighted by Crippen LogP contribution is 2.40. The van der Waals surface area contributed by atoms with Crippen molar-refractivity contribution in [2.24, 2.45) is 0 Å². The summed E-state index contributed by atoms with van der Waals surface area (Å²) in [6, 6.07) is 16.3. The second-order valence-corrected chi connectivity index (χ2v) is 8.02. The molecule has 3 aromatic rings. The van der Waals surface area contributed by atoms with Crippen LogP contribution in [0, 0.1) is 0 Å². The van der Waals surface area contributed by atoms with Gasteiger partial charge in [-0.15, -0.1) is 0 Å². The molecule has 1 atom stereocenters. The first-order valence-electron chi connectivity index (χ1n) is 10.7. The molecule has 0 bridgehead atoms. The number of ketones is 1. The second-order valence-electron chi connectivity index (χ2n) is 7.61. The Morgan fingerprint density at radius 2 is 1.94 bits per heavy atom. The van der Waals surface area contributed by atoms with Gasteiger partial charge in [0.15, 0.2) is 0 Å². The molecule has 174 valence electrons. The third kappa shape index (κ3) is 4.47. The number of Topliss-reactive ketones (excluding diaryl/α,β-unsaturated/α-hetero) is 1. The number of rotatable bonds is 7. The first kappa shape index (κ1) is 23.3. The molecule has 8 heteroatoms. The van der Waals surface area contributed by atoms with Crippen molar-refractivity contribution < 1.29 is 24.2 Å². The largest absolute Gasteiger partial charge is 0.507 e. The van der Waals surface area contributed by atoms with Crippen LogP contribution in [0.4, 0.5) is 0 Å². The van der Waals surface area contributed by atoms with Crippen molar-refractivity contribution in [3.63, 3.8) is 0 Å². The number of carbonyl (C=O) groups is 2. The van der Waals surface area contributed by atoms with E-state index in [9.17, 15) is 14.7 Å². The molecule has 0 aliphatic carbocycles. The lowest BCUT2D eigenvalue weighted by atomic mass is 9.98. The van der Waals surface area contributed by atoms with Crippen LogP contribution in [0.25, 0.3) is 5.76 Å². The Bertz CT molecular complexity index is 1260. The Morgan fingerprint density at radius 3 is 2.65 bits per heavy atom. The van der Waals surface area contributed by atoms with Crippen LogP contribution in [-0.4, -0.2) is 40.4 Å². The van der Waals surface area contributed by atoms with Crippen LogP contribution in [-0.2, 0) is 16.1 Å². The molecular weight excluding hydrogens is 456 g/mol. The minimum absolute atomic E-state index is 0.0450. The standard InChI is InChI=1S/C26H23ClN2O5/c1-3-34-21-14-17(10-11-19(21)27)24(30)22-23(20-9-4-5-12-28-20)29(26(32)25(22)31)15-16-7-6-8-18(13-16)33-2/h4-14,23,30H,3,15H2,1-2H3/b24-22-. The molecule has 0 spiro atoms. The molecule has 0 radical (unpaired) electrons. The lowest BCUT2D eigenvalue weighted by Gasteiger charge is -2.24. The normalized spacial score (nSPS) is 17.1. The van der Waals surface area contributed by atoms with Crippen LogP contribution in [0.5, 0.6) is 11.5 Å². The average molecular weight is 479 g/mol. The van der Waals surface area contributed by atoms with Gasteiger partial charge in [0, 0.05) is 18.3 Å². The average Bonchev–Trinajstić information content (AvgIpc) is 3.10. The van der Waals surface area contributed by atoms with Crippen LogP contribution in [0.3, 0.4) is 0 Å². The Morgan fingerprint density at radius 1 is 1.12 bits per heavy atom. The molecule has 34 heavy (non-hydrogen) atoms. The van der Waals surface area contributed by atoms with Gasteiger partial charge in [0.1, 0.15) is 23.3 Å². The summed E-state index contributed by atoms with van der Waals surface area (Å²) < 4.78 is 10.8. The van der Waals surface area contributed by atoms with Gasteiger partial charge in [0.05, 0.1) is 30.0 Å². The Labute approximate surface area is 202 Å². The summed E-state index contributed by atoms with van der Waals surface area (Å²) in [6.45, 7) is 2.32. The maximum atomic E-state index is 13.2. The van der Waals surface area contributed by atoms with E-state index < -0.39 is 17.7 Å². The highest BCUT2D eigenvalue weighted by Gasteiger charge is 2.46. The maximum absolute atomic E-state index is 13.2. The Kier molecular flexibility index (Phi) is 6.84. The van der Waals surface area contributed by atoms with Crippen molar-refractivity contribution in [2.75, 3.05) is 13.7 Å². The molecule has 1 aliphatic heterocycles. The number of benzene rings is 2. The SMILES string of the molecule is CCOc1cc(/C(O)=C2/C(=O)C(=O)N(Cc3cccc(OC)c3)C2c2ccccn2)ccc1Cl. The molecule has 1 unspecified atom stereocenters. The number of carbonyl (C=O) groups excluding carboxylic acids is 2. The minimum atomic E-state index is -0.876. The molecule has 1 saturated heterocycles. The van der Waals surface area contributed by atoms with Crippen molar-refractivity contribution in [3.05, 3.63) is 94.3 Å². The van der Waals surface area contributed by atoms with E-state index in [0.29, 0.717) is 34.4 Å². The van der Waals surface area contributed by atoms with Gasteiger partial charge in [-0.3, -0.25) is 14.6 Å². The lowest BCUT2D eigenvalue weighted by Crippen LogP contribution is -2.29. The van der Waals surface area contributed by atoms with Gasteiger partial charge in [-0.25, -0.2) is 0 Å². The fourth-order valence-electron chi connectivity index (χ4n) is 3.93. The van der Waals surface area contributed by atoms with Crippen LogP contribution < -0.4 is 9.47 Å². The number of pyridine rings is 1. The summed E-state index contributed by atoms with van der Waals surface area (Å²) >= 11 is 6.18. The number of methoxy groups -OCH3 is 1. The van der Waals surface area contributed by atoms with Crippen molar-refractivity contribution in [3.8, 4) is 11.5 Å². The summed E-state index contributed by atoms with van der Waals surface area (Å²) in [5, 5.41) is 11.6. The van der Waals surface area contributed by atoms with E-state index in [1.54, 1.807) is 61.8 Å². The summed E-state index contributed by atoms with van der Waals surface area (Å²) in [6.07, 6.45) is 1.58. The number of nitrogens with zero attached hydrogens (tertiary/aromatic N) is 2. The van der Waals surface area contributed by atoms with Gasteiger partial charge in [0.25, 0.3) is 11.7 Å². The van der Waals surface area contributed by atoms with E-state index in [2.05, 4.69) is 4.98 Å². The van der Waals surface area contributed by atoms with Crippen LogP contribution in [0.2, 0.25) is 5.02 Å². The minimum Gasteiger partial charge on any atom is -0.507 e. The van der Waals surface area contributed by atoms with Crippen molar-refractivity contribution >= 4 is 29.1 Å². The highest BCUT2D eigenvalue weighted by molar-refractivity contribution is 6.46. The predicted molar refractivity (Wildman–Crippen MR) is 128 cm³/mol. The number of aliphatic hydroxyl groups excluding tert-OH is 1. The van der Waals surface area contributed by atoms with Crippen molar-refractivity contribution in [2.45, 2.75) is 19.5 Å². The van der Waals surface area contributed by atoms with E-state index in [4.69, 9.17) is 21.1 Å². The second kappa shape index (κ2) is 9.97. The number of aliphatic hydroxyl groups is 1. The molecule has 1 amide bonds. The zero-order chi connectivity index (χ0) is 24.2. The van der Waals surface area contributed by atoms with E-state index in [1.807, 2.05) is 19.1 Å². The van der Waals surface area contributed by atoms with E-state index >= 15 is 0 Å². The summed E-state index contributed by atoms with van der Waals surface area (Å²) in [7, 11) is 1.56. The quantitative estimate of drug-likeness (QED) is 0.299. The molecule has 1 aliphatic rings. The number of hydrogen-bond donors (Lipinski definition) is 1.